The summed E-state index contributed by atoms with van der Waals surface area (Å²) in [6.07, 6.45) is 9.78. The molecule has 5 rings (SSSR count). The molecule has 1 saturated heterocycles. The third kappa shape index (κ3) is 3.05. The van der Waals surface area contributed by atoms with Crippen LogP contribution in [0, 0.1) is 4.78 Å². The van der Waals surface area contributed by atoms with Crippen molar-refractivity contribution in [3.63, 3.8) is 0 Å². The number of aromatic nitrogens is 3. The van der Waals surface area contributed by atoms with Crippen molar-refractivity contribution in [3.05, 3.63) is 41.4 Å². The molecule has 0 radical (unpaired) electrons. The highest BCUT2D eigenvalue weighted by atomic mass is 32.2. The van der Waals surface area contributed by atoms with E-state index in [9.17, 15) is 4.21 Å². The zero-order valence-electron chi connectivity index (χ0n) is 16.7. The van der Waals surface area contributed by atoms with Crippen molar-refractivity contribution in [1.29, 1.82) is 4.78 Å². The molecule has 0 amide bonds. The van der Waals surface area contributed by atoms with Gasteiger partial charge in [0, 0.05) is 42.6 Å². The second-order valence-electron chi connectivity index (χ2n) is 8.22. The number of hydrogen-bond acceptors (Lipinski definition) is 7. The molecular formula is C21H25N5O2S. The molecule has 1 N–H and O–H groups in total. The number of anilines is 1. The van der Waals surface area contributed by atoms with E-state index < -0.39 is 14.5 Å². The lowest BCUT2D eigenvalue weighted by molar-refractivity contribution is 0.0985. The van der Waals surface area contributed by atoms with E-state index in [0.717, 1.165) is 54.1 Å². The minimum Gasteiger partial charge on any atom is -0.377 e. The summed E-state index contributed by atoms with van der Waals surface area (Å²) >= 11 is 0. The van der Waals surface area contributed by atoms with Gasteiger partial charge in [0.15, 0.2) is 5.82 Å². The first-order valence-corrected chi connectivity index (χ1v) is 12.0. The zero-order valence-corrected chi connectivity index (χ0v) is 17.5. The van der Waals surface area contributed by atoms with Crippen molar-refractivity contribution < 1.29 is 8.95 Å². The van der Waals surface area contributed by atoms with Crippen LogP contribution in [-0.4, -0.2) is 51.2 Å². The van der Waals surface area contributed by atoms with Gasteiger partial charge in [0.2, 0.25) is 0 Å². The van der Waals surface area contributed by atoms with Gasteiger partial charge in [0.1, 0.15) is 5.82 Å². The van der Waals surface area contributed by atoms with E-state index in [1.807, 2.05) is 12.1 Å². The van der Waals surface area contributed by atoms with Gasteiger partial charge in [0.25, 0.3) is 0 Å². The second-order valence-corrected chi connectivity index (χ2v) is 10.7. The van der Waals surface area contributed by atoms with Crippen LogP contribution in [0.5, 0.6) is 0 Å². The fourth-order valence-electron chi connectivity index (χ4n) is 4.31. The number of nitrogens with zero attached hydrogens (tertiary/aromatic N) is 4. The van der Waals surface area contributed by atoms with E-state index in [2.05, 4.69) is 29.0 Å². The molecule has 7 nitrogen and oxygen atoms in total. The maximum Gasteiger partial charge on any atom is 0.162 e. The van der Waals surface area contributed by atoms with Crippen LogP contribution in [0.25, 0.3) is 17.5 Å². The predicted octanol–water partition coefficient (Wildman–Crippen LogP) is 3.00. The summed E-state index contributed by atoms with van der Waals surface area (Å²) in [5.74, 6) is 1.44. The molecule has 3 heterocycles. The van der Waals surface area contributed by atoms with Crippen molar-refractivity contribution in [1.82, 2.24) is 15.0 Å². The molecule has 2 aromatic heterocycles. The third-order valence-corrected chi connectivity index (χ3v) is 8.31. The van der Waals surface area contributed by atoms with Gasteiger partial charge < -0.3 is 9.64 Å². The van der Waals surface area contributed by atoms with Crippen molar-refractivity contribution in [2.75, 3.05) is 30.9 Å². The molecule has 8 heteroatoms. The third-order valence-electron chi connectivity index (χ3n) is 6.20. The number of hydrogen-bond donors (Lipinski definition) is 1. The summed E-state index contributed by atoms with van der Waals surface area (Å²) in [6, 6.07) is 4.09. The van der Waals surface area contributed by atoms with Crippen LogP contribution in [0.1, 0.15) is 36.7 Å². The van der Waals surface area contributed by atoms with Gasteiger partial charge in [-0.25, -0.2) is 14.2 Å². The Kier molecular flexibility index (Phi) is 4.25. The lowest BCUT2D eigenvalue weighted by atomic mass is 10.1. The van der Waals surface area contributed by atoms with Gasteiger partial charge in [-0.1, -0.05) is 12.2 Å². The topological polar surface area (TPSA) is 92.1 Å². The van der Waals surface area contributed by atoms with E-state index in [1.54, 1.807) is 6.20 Å². The predicted molar refractivity (Wildman–Crippen MR) is 113 cm³/mol. The van der Waals surface area contributed by atoms with E-state index in [0.29, 0.717) is 19.0 Å². The van der Waals surface area contributed by atoms with Gasteiger partial charge in [0.05, 0.1) is 45.1 Å². The van der Waals surface area contributed by atoms with Gasteiger partial charge in [-0.2, -0.15) is 0 Å². The van der Waals surface area contributed by atoms with E-state index in [1.165, 1.54) is 6.26 Å². The van der Waals surface area contributed by atoms with Crippen LogP contribution >= 0.6 is 0 Å². The summed E-state index contributed by atoms with van der Waals surface area (Å²) in [7, 11) is -2.78. The molecule has 1 saturated carbocycles. The van der Waals surface area contributed by atoms with Crippen LogP contribution in [-0.2, 0) is 25.6 Å². The Hall–Kier alpha value is -2.32. The Balaban J connectivity index is 1.70. The molecule has 1 aliphatic heterocycles. The Labute approximate surface area is 171 Å². The summed E-state index contributed by atoms with van der Waals surface area (Å²) in [5, 5.41) is 0. The van der Waals surface area contributed by atoms with Crippen LogP contribution in [0.3, 0.4) is 0 Å². The number of fused-ring (bicyclic) bond motifs is 1. The smallest absolute Gasteiger partial charge is 0.162 e. The van der Waals surface area contributed by atoms with E-state index in [4.69, 9.17) is 19.5 Å². The average Bonchev–Trinajstić information content (AvgIpc) is 3.39. The molecular weight excluding hydrogens is 386 g/mol. The Bertz CT molecular complexity index is 1110. The number of allylic oxidation sites excluding steroid dienone is 1. The molecule has 2 fully saturated rings. The summed E-state index contributed by atoms with van der Waals surface area (Å²) in [4.78, 5) is 16.5. The molecule has 2 unspecified atom stereocenters. The van der Waals surface area contributed by atoms with Crippen LogP contribution in [0.15, 0.2) is 24.4 Å². The molecule has 29 heavy (non-hydrogen) atoms. The monoisotopic (exact) mass is 411 g/mol. The standard InChI is InChI=1S/C21H25N5O2S/c1-14-13-28-11-10-26(14)19-12-18(21(7-8-21)29(2,22)27)24-20(25-19)16-6-9-23-17-5-3-4-15(16)17/h3-4,6,9,12,14,22H,5,7-8,10-11,13H2,1-2H3. The quantitative estimate of drug-likeness (QED) is 0.831. The SMILES string of the molecule is CC1COCCN1c1cc(C2(S(C)(=N)=O)CC2)nc(-c2ccnc3c2C=CC3)n1. The van der Waals surface area contributed by atoms with Gasteiger partial charge in [-0.15, -0.1) is 0 Å². The highest BCUT2D eigenvalue weighted by Crippen LogP contribution is 2.52. The Morgan fingerprint density at radius 3 is 2.90 bits per heavy atom. The van der Waals surface area contributed by atoms with Crippen molar-refractivity contribution in [3.8, 4) is 11.4 Å². The van der Waals surface area contributed by atoms with Crippen LogP contribution in [0.4, 0.5) is 5.82 Å². The minimum absolute atomic E-state index is 0.194. The molecule has 2 aromatic rings. The zero-order chi connectivity index (χ0) is 20.2. The lowest BCUT2D eigenvalue weighted by Crippen LogP contribution is -2.44. The van der Waals surface area contributed by atoms with Gasteiger partial charge in [-0.05, 0) is 25.8 Å². The lowest BCUT2D eigenvalue weighted by Gasteiger charge is -2.35. The number of ether oxygens (including phenoxy) is 1. The van der Waals surface area contributed by atoms with Gasteiger partial charge >= 0.3 is 0 Å². The highest BCUT2D eigenvalue weighted by Gasteiger charge is 2.53. The van der Waals surface area contributed by atoms with Crippen LogP contribution < -0.4 is 4.90 Å². The minimum atomic E-state index is -2.78. The second kappa shape index (κ2) is 6.60. The number of morpholine rings is 1. The maximum absolute atomic E-state index is 12.8. The Morgan fingerprint density at radius 2 is 2.17 bits per heavy atom. The van der Waals surface area contributed by atoms with Crippen molar-refractivity contribution in [2.45, 2.75) is 37.0 Å². The molecule has 0 spiro atoms. The maximum atomic E-state index is 12.8. The first-order chi connectivity index (χ1) is 13.9. The largest absolute Gasteiger partial charge is 0.377 e. The Morgan fingerprint density at radius 1 is 1.34 bits per heavy atom. The average molecular weight is 412 g/mol. The summed E-state index contributed by atoms with van der Waals surface area (Å²) in [5.41, 5.74) is 3.75. The summed E-state index contributed by atoms with van der Waals surface area (Å²) < 4.78 is 26.0. The molecule has 3 aliphatic rings. The highest BCUT2D eigenvalue weighted by molar-refractivity contribution is 7.92. The van der Waals surface area contributed by atoms with Gasteiger partial charge in [-0.3, -0.25) is 9.76 Å². The van der Waals surface area contributed by atoms with Crippen molar-refractivity contribution >= 4 is 21.6 Å². The van der Waals surface area contributed by atoms with E-state index >= 15 is 0 Å². The number of nitrogens with one attached hydrogen (secondary N) is 1. The number of rotatable bonds is 4. The molecule has 152 valence electrons. The fraction of sp³-hybridized carbons (Fsp3) is 0.476. The first kappa shape index (κ1) is 18.7. The molecule has 2 aliphatic carbocycles. The van der Waals surface area contributed by atoms with Crippen LogP contribution in [0.2, 0.25) is 0 Å². The molecule has 2 atom stereocenters. The van der Waals surface area contributed by atoms with E-state index in [-0.39, 0.29) is 6.04 Å². The molecule has 0 bridgehead atoms. The summed E-state index contributed by atoms with van der Waals surface area (Å²) in [6.45, 7) is 4.17. The molecule has 0 aromatic carbocycles. The van der Waals surface area contributed by atoms with Crippen molar-refractivity contribution in [2.24, 2.45) is 0 Å². The normalized spacial score (nSPS) is 24.2. The number of pyridine rings is 1. The first-order valence-electron chi connectivity index (χ1n) is 10.0. The fourth-order valence-corrected chi connectivity index (χ4v) is 5.69.